The molecule has 10 heteroatoms. The second kappa shape index (κ2) is 14.1. The van der Waals surface area contributed by atoms with Crippen molar-refractivity contribution >= 4 is 22.1 Å². The van der Waals surface area contributed by atoms with Crippen molar-refractivity contribution in [3.8, 4) is 0 Å². The molecule has 1 aliphatic rings. The van der Waals surface area contributed by atoms with Crippen LogP contribution in [0.25, 0.3) is 0 Å². The van der Waals surface area contributed by atoms with Crippen LogP contribution in [0, 0.1) is 0 Å². The second-order valence-corrected chi connectivity index (χ2v) is 7.08. The van der Waals surface area contributed by atoms with Crippen LogP contribution < -0.4 is 10.9 Å². The number of carbonyl (C=O) groups excluding carboxylic acids is 1. The number of carbonyl (C=O) groups is 2. The average Bonchev–Trinajstić information content (AvgIpc) is 3.18. The van der Waals surface area contributed by atoms with Crippen LogP contribution in [0.1, 0.15) is 83.3 Å². The standard InChI is InChI=1S/C13H20N4O5S.3C2H6/c1-8(14)12(18)16-5-2-9(3-6-16)10-4-7-17(23(15,21)22)11(10)13(19)20;3*1-2/h4,7-9H,2-3,5-6,14H2,1H3,(H,19,20)(H2,15,21,22);3*1-2H3. The van der Waals surface area contributed by atoms with Gasteiger partial charge in [-0.2, -0.15) is 8.42 Å². The fourth-order valence-corrected chi connectivity index (χ4v) is 3.56. The molecule has 1 amide bonds. The Bertz CT molecular complexity index is 721. The van der Waals surface area contributed by atoms with E-state index in [9.17, 15) is 23.1 Å². The van der Waals surface area contributed by atoms with E-state index in [1.165, 1.54) is 6.07 Å². The number of hydrogen-bond donors (Lipinski definition) is 3. The van der Waals surface area contributed by atoms with Crippen molar-refractivity contribution in [3.63, 3.8) is 0 Å². The molecule has 0 aliphatic carbocycles. The zero-order chi connectivity index (χ0) is 23.4. The van der Waals surface area contributed by atoms with E-state index in [1.807, 2.05) is 41.5 Å². The van der Waals surface area contributed by atoms with E-state index in [4.69, 9.17) is 10.9 Å². The highest BCUT2D eigenvalue weighted by Crippen LogP contribution is 2.31. The molecule has 1 aliphatic heterocycles. The number of carboxylic acid groups (broad SMARTS) is 1. The minimum absolute atomic E-state index is 0.149. The minimum atomic E-state index is -4.18. The molecular formula is C19H38N4O5S. The molecule has 0 radical (unpaired) electrons. The molecule has 1 fully saturated rings. The Morgan fingerprint density at radius 3 is 1.90 bits per heavy atom. The Balaban J connectivity index is 0. The van der Waals surface area contributed by atoms with Gasteiger partial charge in [0.05, 0.1) is 6.04 Å². The van der Waals surface area contributed by atoms with Crippen LogP contribution >= 0.6 is 0 Å². The highest BCUT2D eigenvalue weighted by Gasteiger charge is 2.30. The van der Waals surface area contributed by atoms with E-state index in [0.717, 1.165) is 6.20 Å². The fourth-order valence-electron chi connectivity index (χ4n) is 2.89. The molecule has 1 atom stereocenters. The van der Waals surface area contributed by atoms with Gasteiger partial charge in [-0.05, 0) is 37.3 Å². The normalized spacial score (nSPS) is 14.9. The monoisotopic (exact) mass is 434 g/mol. The van der Waals surface area contributed by atoms with Gasteiger partial charge < -0.3 is 15.7 Å². The summed E-state index contributed by atoms with van der Waals surface area (Å²) >= 11 is 0. The van der Waals surface area contributed by atoms with Gasteiger partial charge >= 0.3 is 16.2 Å². The number of carboxylic acids is 1. The van der Waals surface area contributed by atoms with Gasteiger partial charge in [0.25, 0.3) is 0 Å². The zero-order valence-electron chi connectivity index (χ0n) is 18.7. The molecule has 1 saturated heterocycles. The van der Waals surface area contributed by atoms with E-state index in [-0.39, 0.29) is 17.5 Å². The molecule has 0 aromatic carbocycles. The van der Waals surface area contributed by atoms with Gasteiger partial charge in [-0.1, -0.05) is 41.5 Å². The maximum atomic E-state index is 11.9. The van der Waals surface area contributed by atoms with Crippen molar-refractivity contribution in [1.29, 1.82) is 0 Å². The molecule has 0 spiro atoms. The number of nitrogens with two attached hydrogens (primary N) is 2. The Hall–Kier alpha value is -1.91. The van der Waals surface area contributed by atoms with E-state index < -0.39 is 22.2 Å². The van der Waals surface area contributed by atoms with E-state index in [1.54, 1.807) is 11.8 Å². The zero-order valence-corrected chi connectivity index (χ0v) is 19.5. The maximum Gasteiger partial charge on any atom is 0.353 e. The predicted molar refractivity (Wildman–Crippen MR) is 116 cm³/mol. The van der Waals surface area contributed by atoms with Gasteiger partial charge in [-0.15, -0.1) is 0 Å². The van der Waals surface area contributed by atoms with Gasteiger partial charge in [-0.3, -0.25) is 4.79 Å². The first kappa shape index (κ1) is 29.3. The summed E-state index contributed by atoms with van der Waals surface area (Å²) in [6.07, 6.45) is 2.22. The summed E-state index contributed by atoms with van der Waals surface area (Å²) in [7, 11) is -4.18. The van der Waals surface area contributed by atoms with Crippen molar-refractivity contribution in [2.75, 3.05) is 13.1 Å². The Labute approximate surface area is 175 Å². The van der Waals surface area contributed by atoms with Crippen LogP contribution in [-0.4, -0.2) is 53.4 Å². The van der Waals surface area contributed by atoms with E-state index in [0.29, 0.717) is 35.5 Å². The summed E-state index contributed by atoms with van der Waals surface area (Å²) < 4.78 is 23.5. The van der Waals surface area contributed by atoms with Crippen molar-refractivity contribution in [3.05, 3.63) is 23.5 Å². The molecule has 0 bridgehead atoms. The molecule has 1 unspecified atom stereocenters. The highest BCUT2D eigenvalue weighted by atomic mass is 32.2. The van der Waals surface area contributed by atoms with Crippen LogP contribution in [0.2, 0.25) is 0 Å². The lowest BCUT2D eigenvalue weighted by atomic mass is 9.89. The van der Waals surface area contributed by atoms with Crippen LogP contribution in [0.3, 0.4) is 0 Å². The third kappa shape index (κ3) is 8.15. The summed E-state index contributed by atoms with van der Waals surface area (Å²) in [5.74, 6) is -1.65. The van der Waals surface area contributed by atoms with Crippen LogP contribution in [0.5, 0.6) is 0 Å². The lowest BCUT2D eigenvalue weighted by Gasteiger charge is -2.33. The lowest BCUT2D eigenvalue weighted by Crippen LogP contribution is -2.45. The first-order valence-electron chi connectivity index (χ1n) is 10.1. The molecule has 1 aromatic rings. The van der Waals surface area contributed by atoms with Crippen molar-refractivity contribution < 1.29 is 23.1 Å². The molecule has 2 rings (SSSR count). The summed E-state index contributed by atoms with van der Waals surface area (Å²) in [6, 6.07) is 0.881. The Morgan fingerprint density at radius 1 is 1.10 bits per heavy atom. The lowest BCUT2D eigenvalue weighted by molar-refractivity contribution is -0.133. The molecule has 1 aromatic heterocycles. The maximum absolute atomic E-state index is 11.9. The first-order valence-corrected chi connectivity index (χ1v) is 11.7. The number of aromatic carboxylic acids is 1. The van der Waals surface area contributed by atoms with Gasteiger partial charge in [-0.25, -0.2) is 13.9 Å². The SMILES string of the molecule is CC.CC.CC.CC(N)C(=O)N1CCC(c2ccn(S(N)(=O)=O)c2C(=O)O)CC1. The van der Waals surface area contributed by atoms with Crippen molar-refractivity contribution in [1.82, 2.24) is 8.87 Å². The Morgan fingerprint density at radius 2 is 1.55 bits per heavy atom. The van der Waals surface area contributed by atoms with Crippen molar-refractivity contribution in [2.45, 2.75) is 73.3 Å². The number of amides is 1. The third-order valence-corrected chi connectivity index (χ3v) is 4.85. The molecule has 0 saturated carbocycles. The predicted octanol–water partition coefficient (Wildman–Crippen LogP) is 2.37. The summed E-state index contributed by atoms with van der Waals surface area (Å²) in [6.45, 7) is 14.5. The number of piperidine rings is 1. The van der Waals surface area contributed by atoms with Gasteiger partial charge in [0.2, 0.25) is 5.91 Å². The van der Waals surface area contributed by atoms with Gasteiger partial charge in [0.15, 0.2) is 0 Å². The second-order valence-electron chi connectivity index (χ2n) is 5.65. The molecule has 29 heavy (non-hydrogen) atoms. The fraction of sp³-hybridized carbons (Fsp3) is 0.684. The number of likely N-dealkylation sites (tertiary alicyclic amines) is 1. The molecule has 170 valence electrons. The number of nitrogens with zero attached hydrogens (tertiary/aromatic N) is 2. The van der Waals surface area contributed by atoms with Crippen LogP contribution in [0.4, 0.5) is 0 Å². The summed E-state index contributed by atoms with van der Waals surface area (Å²) in [5, 5.41) is 14.4. The molecule has 2 heterocycles. The smallest absolute Gasteiger partial charge is 0.353 e. The number of rotatable bonds is 4. The van der Waals surface area contributed by atoms with Crippen LogP contribution in [-0.2, 0) is 15.0 Å². The van der Waals surface area contributed by atoms with Gasteiger partial charge in [0.1, 0.15) is 5.69 Å². The topological polar surface area (TPSA) is 149 Å². The largest absolute Gasteiger partial charge is 0.477 e. The average molecular weight is 435 g/mol. The first-order chi connectivity index (χ1) is 13.6. The summed E-state index contributed by atoms with van der Waals surface area (Å²) in [5.41, 5.74) is 5.65. The molecule has 9 nitrogen and oxygen atoms in total. The number of hydrogen-bond acceptors (Lipinski definition) is 5. The Kier molecular flexibility index (Phi) is 14.3. The summed E-state index contributed by atoms with van der Waals surface area (Å²) in [4.78, 5) is 24.9. The molecular weight excluding hydrogens is 396 g/mol. The molecule has 5 N–H and O–H groups in total. The minimum Gasteiger partial charge on any atom is -0.477 e. The van der Waals surface area contributed by atoms with Crippen molar-refractivity contribution in [2.24, 2.45) is 10.9 Å². The van der Waals surface area contributed by atoms with E-state index in [2.05, 4.69) is 0 Å². The highest BCUT2D eigenvalue weighted by molar-refractivity contribution is 7.87. The number of aromatic nitrogens is 1. The quantitative estimate of drug-likeness (QED) is 0.662. The third-order valence-electron chi connectivity index (χ3n) is 4.00. The van der Waals surface area contributed by atoms with Crippen LogP contribution in [0.15, 0.2) is 12.3 Å². The van der Waals surface area contributed by atoms with E-state index >= 15 is 0 Å². The van der Waals surface area contributed by atoms with Gasteiger partial charge in [0, 0.05) is 19.3 Å².